The molecular formula is C26H33ClN2O3S. The van der Waals surface area contributed by atoms with E-state index in [9.17, 15) is 9.59 Å². The summed E-state index contributed by atoms with van der Waals surface area (Å²) in [5.41, 5.74) is 2.09. The van der Waals surface area contributed by atoms with Gasteiger partial charge in [-0.3, -0.25) is 9.59 Å². The van der Waals surface area contributed by atoms with Crippen LogP contribution in [0.25, 0.3) is 0 Å². The van der Waals surface area contributed by atoms with E-state index in [2.05, 4.69) is 5.32 Å². The van der Waals surface area contributed by atoms with E-state index in [1.165, 1.54) is 0 Å². The number of nitrogens with zero attached hydrogens (tertiary/aromatic N) is 1. The molecule has 0 spiro atoms. The summed E-state index contributed by atoms with van der Waals surface area (Å²) >= 11 is 7.59. The first-order chi connectivity index (χ1) is 16.0. The molecule has 0 saturated heterocycles. The molecule has 0 aromatic heterocycles. The van der Waals surface area contributed by atoms with Crippen molar-refractivity contribution in [3.05, 3.63) is 64.7 Å². The number of halogens is 1. The second-order valence-corrected chi connectivity index (χ2v) is 9.83. The molecule has 2 aromatic carbocycles. The first kappa shape index (κ1) is 25.4. The van der Waals surface area contributed by atoms with Crippen LogP contribution in [0.5, 0.6) is 5.75 Å². The molecule has 1 aliphatic carbocycles. The number of nitrogens with one attached hydrogen (secondary N) is 1. The summed E-state index contributed by atoms with van der Waals surface area (Å²) in [7, 11) is 1.64. The van der Waals surface area contributed by atoms with Crippen molar-refractivity contribution in [3.63, 3.8) is 0 Å². The lowest BCUT2D eigenvalue weighted by Crippen LogP contribution is -2.51. The van der Waals surface area contributed by atoms with Crippen LogP contribution in [-0.4, -0.2) is 41.7 Å². The smallest absolute Gasteiger partial charge is 0.243 e. The molecule has 33 heavy (non-hydrogen) atoms. The van der Waals surface area contributed by atoms with Crippen LogP contribution in [0.15, 0.2) is 48.5 Å². The van der Waals surface area contributed by atoms with Crippen molar-refractivity contribution in [1.82, 2.24) is 10.2 Å². The third-order valence-corrected chi connectivity index (χ3v) is 7.25. The summed E-state index contributed by atoms with van der Waals surface area (Å²) in [5.74, 6) is 1.76. The predicted octanol–water partition coefficient (Wildman–Crippen LogP) is 5.45. The number of hydrogen-bond acceptors (Lipinski definition) is 4. The highest BCUT2D eigenvalue weighted by Crippen LogP contribution is 2.21. The van der Waals surface area contributed by atoms with Crippen molar-refractivity contribution < 1.29 is 14.3 Å². The molecule has 0 heterocycles. The monoisotopic (exact) mass is 488 g/mol. The molecular weight excluding hydrogens is 456 g/mol. The van der Waals surface area contributed by atoms with Crippen LogP contribution < -0.4 is 10.1 Å². The number of hydrogen-bond donors (Lipinski definition) is 1. The van der Waals surface area contributed by atoms with Gasteiger partial charge in [-0.25, -0.2) is 0 Å². The van der Waals surface area contributed by atoms with E-state index in [0.717, 1.165) is 48.3 Å². The Hall–Kier alpha value is -2.18. The maximum absolute atomic E-state index is 13.3. The van der Waals surface area contributed by atoms with Gasteiger partial charge in [-0.05, 0) is 54.7 Å². The van der Waals surface area contributed by atoms with Crippen molar-refractivity contribution >= 4 is 35.2 Å². The zero-order chi connectivity index (χ0) is 23.6. The molecule has 2 aromatic rings. The molecule has 1 saturated carbocycles. The molecule has 1 unspecified atom stereocenters. The van der Waals surface area contributed by atoms with Gasteiger partial charge in [0.15, 0.2) is 0 Å². The molecule has 0 bridgehead atoms. The number of thioether (sulfide) groups is 1. The van der Waals surface area contributed by atoms with Crippen LogP contribution in [-0.2, 0) is 21.9 Å². The second-order valence-electron chi connectivity index (χ2n) is 8.40. The molecule has 2 amide bonds. The summed E-state index contributed by atoms with van der Waals surface area (Å²) < 4.78 is 5.20. The Balaban J connectivity index is 1.67. The average molecular weight is 489 g/mol. The Bertz CT molecular complexity index is 899. The lowest BCUT2D eigenvalue weighted by Gasteiger charge is -2.31. The highest BCUT2D eigenvalue weighted by atomic mass is 35.5. The standard InChI is InChI=1S/C26H33ClN2O3S/c1-3-24(26(31)28-22-6-4-5-7-22)29(16-19-8-12-21(27)13-9-19)25(30)18-33-17-20-10-14-23(32-2)15-11-20/h8-15,22,24H,3-7,16-18H2,1-2H3,(H,28,31). The Kier molecular flexibility index (Phi) is 9.95. The Morgan fingerprint density at radius 2 is 1.73 bits per heavy atom. The number of ether oxygens (including phenoxy) is 1. The van der Waals surface area contributed by atoms with Crippen molar-refractivity contribution in [3.8, 4) is 5.75 Å². The van der Waals surface area contributed by atoms with Gasteiger partial charge in [-0.15, -0.1) is 11.8 Å². The van der Waals surface area contributed by atoms with Gasteiger partial charge in [0.05, 0.1) is 12.9 Å². The number of benzene rings is 2. The normalized spacial score (nSPS) is 14.6. The fourth-order valence-corrected chi connectivity index (χ4v) is 5.13. The zero-order valence-electron chi connectivity index (χ0n) is 19.4. The molecule has 0 radical (unpaired) electrons. The van der Waals surface area contributed by atoms with Crippen LogP contribution in [0.3, 0.4) is 0 Å². The minimum atomic E-state index is -0.490. The maximum Gasteiger partial charge on any atom is 0.243 e. The topological polar surface area (TPSA) is 58.6 Å². The minimum Gasteiger partial charge on any atom is -0.497 e. The molecule has 7 heteroatoms. The first-order valence-electron chi connectivity index (χ1n) is 11.5. The van der Waals surface area contributed by atoms with Crippen LogP contribution >= 0.6 is 23.4 Å². The van der Waals surface area contributed by atoms with E-state index in [-0.39, 0.29) is 17.9 Å². The van der Waals surface area contributed by atoms with Gasteiger partial charge >= 0.3 is 0 Å². The molecule has 1 atom stereocenters. The van der Waals surface area contributed by atoms with Crippen LogP contribution in [0.4, 0.5) is 0 Å². The summed E-state index contributed by atoms with van der Waals surface area (Å²) in [5, 5.41) is 3.83. The number of rotatable bonds is 11. The Labute approximate surface area is 206 Å². The Morgan fingerprint density at radius 3 is 2.33 bits per heavy atom. The van der Waals surface area contributed by atoms with E-state index >= 15 is 0 Å². The van der Waals surface area contributed by atoms with Gasteiger partial charge in [0.25, 0.3) is 0 Å². The minimum absolute atomic E-state index is 0.0307. The van der Waals surface area contributed by atoms with Gasteiger partial charge in [0, 0.05) is 23.4 Å². The van der Waals surface area contributed by atoms with Crippen molar-refractivity contribution in [1.29, 1.82) is 0 Å². The summed E-state index contributed by atoms with van der Waals surface area (Å²) in [4.78, 5) is 28.2. The molecule has 1 aliphatic rings. The lowest BCUT2D eigenvalue weighted by molar-refractivity contribution is -0.139. The van der Waals surface area contributed by atoms with Crippen LogP contribution in [0.2, 0.25) is 5.02 Å². The molecule has 0 aliphatic heterocycles. The third kappa shape index (κ3) is 7.68. The van der Waals surface area contributed by atoms with E-state index in [0.29, 0.717) is 23.7 Å². The van der Waals surface area contributed by atoms with Crippen molar-refractivity contribution in [2.75, 3.05) is 12.9 Å². The van der Waals surface area contributed by atoms with E-state index in [1.54, 1.807) is 23.8 Å². The Morgan fingerprint density at radius 1 is 1.09 bits per heavy atom. The summed E-state index contributed by atoms with van der Waals surface area (Å²) in [6.45, 7) is 2.35. The number of carbonyl (C=O) groups is 2. The molecule has 1 fully saturated rings. The highest BCUT2D eigenvalue weighted by molar-refractivity contribution is 7.99. The van der Waals surface area contributed by atoms with Gasteiger partial charge in [0.1, 0.15) is 11.8 Å². The number of amides is 2. The van der Waals surface area contributed by atoms with E-state index < -0.39 is 6.04 Å². The van der Waals surface area contributed by atoms with Gasteiger partial charge in [-0.2, -0.15) is 0 Å². The fourth-order valence-electron chi connectivity index (χ4n) is 4.13. The number of methoxy groups -OCH3 is 1. The van der Waals surface area contributed by atoms with Gasteiger partial charge < -0.3 is 15.0 Å². The van der Waals surface area contributed by atoms with Crippen molar-refractivity contribution in [2.24, 2.45) is 0 Å². The largest absolute Gasteiger partial charge is 0.497 e. The van der Waals surface area contributed by atoms with Crippen LogP contribution in [0.1, 0.15) is 50.2 Å². The maximum atomic E-state index is 13.3. The summed E-state index contributed by atoms with van der Waals surface area (Å²) in [6.07, 6.45) is 4.91. The van der Waals surface area contributed by atoms with Crippen LogP contribution in [0, 0.1) is 0 Å². The molecule has 178 valence electrons. The third-order valence-electron chi connectivity index (χ3n) is 6.01. The highest BCUT2D eigenvalue weighted by Gasteiger charge is 2.30. The van der Waals surface area contributed by atoms with E-state index in [4.69, 9.17) is 16.3 Å². The fraction of sp³-hybridized carbons (Fsp3) is 0.462. The molecule has 1 N–H and O–H groups in total. The van der Waals surface area contributed by atoms with Gasteiger partial charge in [-0.1, -0.05) is 55.6 Å². The lowest BCUT2D eigenvalue weighted by atomic mass is 10.1. The van der Waals surface area contributed by atoms with Crippen molar-refractivity contribution in [2.45, 2.75) is 63.4 Å². The SMILES string of the molecule is CCC(C(=O)NC1CCCC1)N(Cc1ccc(Cl)cc1)C(=O)CSCc1ccc(OC)cc1. The average Bonchev–Trinajstić information content (AvgIpc) is 3.33. The quantitative estimate of drug-likeness (QED) is 0.457. The number of carbonyl (C=O) groups excluding carboxylic acids is 2. The molecule has 5 nitrogen and oxygen atoms in total. The summed E-state index contributed by atoms with van der Waals surface area (Å²) in [6, 6.07) is 15.0. The predicted molar refractivity (Wildman–Crippen MR) is 136 cm³/mol. The molecule has 3 rings (SSSR count). The van der Waals surface area contributed by atoms with E-state index in [1.807, 2.05) is 55.5 Å². The first-order valence-corrected chi connectivity index (χ1v) is 13.1. The zero-order valence-corrected chi connectivity index (χ0v) is 21.0. The van der Waals surface area contributed by atoms with Gasteiger partial charge in [0.2, 0.25) is 11.8 Å². The second kappa shape index (κ2) is 12.9.